The number of rotatable bonds is 3. The molecule has 0 spiro atoms. The van der Waals surface area contributed by atoms with Crippen molar-refractivity contribution < 1.29 is 23.8 Å². The number of hydrazone groups is 1. The minimum absolute atomic E-state index is 0.176. The molecule has 1 N–H and O–H groups in total. The first-order valence-electron chi connectivity index (χ1n) is 4.48. The second-order valence-corrected chi connectivity index (χ2v) is 2.99. The predicted molar refractivity (Wildman–Crippen MR) is 51.3 cm³/mol. The van der Waals surface area contributed by atoms with Crippen LogP contribution in [0, 0.1) is 0 Å². The molecule has 0 bridgehead atoms. The van der Waals surface area contributed by atoms with Crippen LogP contribution in [0.25, 0.3) is 0 Å². The van der Waals surface area contributed by atoms with Crippen molar-refractivity contribution in [1.29, 1.82) is 0 Å². The number of cyclic esters (lactones) is 1. The number of carboxylic acids is 1. The van der Waals surface area contributed by atoms with E-state index in [0.29, 0.717) is 13.2 Å². The SMILES string of the molecule is O=C(O)c1ccc(/C=N/N2CCOC2=O)o1. The highest BCUT2D eigenvalue weighted by atomic mass is 16.6. The van der Waals surface area contributed by atoms with Crippen molar-refractivity contribution in [3.63, 3.8) is 0 Å². The number of hydrogen-bond acceptors (Lipinski definition) is 5. The van der Waals surface area contributed by atoms with Crippen molar-refractivity contribution in [3.8, 4) is 0 Å². The van der Waals surface area contributed by atoms with Gasteiger partial charge in [0.2, 0.25) is 5.76 Å². The lowest BCUT2D eigenvalue weighted by molar-refractivity contribution is 0.0662. The number of amides is 1. The van der Waals surface area contributed by atoms with Crippen molar-refractivity contribution >= 4 is 18.3 Å². The summed E-state index contributed by atoms with van der Waals surface area (Å²) in [5, 5.41) is 13.5. The highest BCUT2D eigenvalue weighted by molar-refractivity contribution is 5.86. The highest BCUT2D eigenvalue weighted by Crippen LogP contribution is 2.07. The third-order valence-corrected chi connectivity index (χ3v) is 1.90. The minimum Gasteiger partial charge on any atom is -0.475 e. The van der Waals surface area contributed by atoms with E-state index in [2.05, 4.69) is 9.84 Å². The van der Waals surface area contributed by atoms with Gasteiger partial charge in [0.1, 0.15) is 12.4 Å². The van der Waals surface area contributed by atoms with Gasteiger partial charge >= 0.3 is 12.1 Å². The molecule has 1 aromatic rings. The number of furan rings is 1. The molecule has 0 saturated carbocycles. The summed E-state index contributed by atoms with van der Waals surface area (Å²) in [6.45, 7) is 0.677. The van der Waals surface area contributed by atoms with Gasteiger partial charge in [-0.15, -0.1) is 0 Å². The van der Waals surface area contributed by atoms with Crippen LogP contribution in [0.5, 0.6) is 0 Å². The maximum atomic E-state index is 11.0. The van der Waals surface area contributed by atoms with Gasteiger partial charge in [0.05, 0.1) is 12.8 Å². The Morgan fingerprint density at radius 3 is 2.94 bits per heavy atom. The summed E-state index contributed by atoms with van der Waals surface area (Å²) in [7, 11) is 0. The van der Waals surface area contributed by atoms with E-state index in [9.17, 15) is 9.59 Å². The Kier molecular flexibility index (Phi) is 2.59. The third-order valence-electron chi connectivity index (χ3n) is 1.90. The molecule has 0 unspecified atom stereocenters. The summed E-state index contributed by atoms with van der Waals surface area (Å²) in [6.07, 6.45) is 0.736. The van der Waals surface area contributed by atoms with E-state index in [4.69, 9.17) is 9.52 Å². The average Bonchev–Trinajstić information content (AvgIpc) is 2.83. The molecule has 1 fully saturated rings. The Morgan fingerprint density at radius 1 is 1.56 bits per heavy atom. The number of carboxylic acid groups (broad SMARTS) is 1. The molecule has 7 nitrogen and oxygen atoms in total. The van der Waals surface area contributed by atoms with Crippen molar-refractivity contribution in [2.45, 2.75) is 0 Å². The molecule has 2 heterocycles. The van der Waals surface area contributed by atoms with Gasteiger partial charge in [0.25, 0.3) is 0 Å². The lowest BCUT2D eigenvalue weighted by Crippen LogP contribution is -2.17. The maximum absolute atomic E-state index is 11.0. The molecule has 0 radical (unpaired) electrons. The molecule has 2 rings (SSSR count). The average molecular weight is 224 g/mol. The number of carbonyl (C=O) groups excluding carboxylic acids is 1. The smallest absolute Gasteiger partial charge is 0.430 e. The number of nitrogens with zero attached hydrogens (tertiary/aromatic N) is 2. The molecule has 1 aromatic heterocycles. The van der Waals surface area contributed by atoms with Crippen LogP contribution in [0.1, 0.15) is 16.3 Å². The summed E-state index contributed by atoms with van der Waals surface area (Å²) in [6, 6.07) is 2.76. The third kappa shape index (κ3) is 2.02. The Bertz CT molecular complexity index is 451. The number of carbonyl (C=O) groups is 2. The Labute approximate surface area is 89.9 Å². The van der Waals surface area contributed by atoms with Crippen LogP contribution in [0.3, 0.4) is 0 Å². The van der Waals surface area contributed by atoms with E-state index in [1.54, 1.807) is 0 Å². The van der Waals surface area contributed by atoms with Gasteiger partial charge in [0, 0.05) is 0 Å². The first kappa shape index (κ1) is 10.2. The predicted octanol–water partition coefficient (Wildman–Crippen LogP) is 0.764. The lowest BCUT2D eigenvalue weighted by atomic mass is 10.4. The topological polar surface area (TPSA) is 92.3 Å². The molecular formula is C9H8N2O5. The highest BCUT2D eigenvalue weighted by Gasteiger charge is 2.20. The van der Waals surface area contributed by atoms with Gasteiger partial charge in [-0.2, -0.15) is 10.1 Å². The molecule has 84 valence electrons. The zero-order valence-electron chi connectivity index (χ0n) is 8.12. The fraction of sp³-hybridized carbons (Fsp3) is 0.222. The molecule has 1 saturated heterocycles. The van der Waals surface area contributed by atoms with Crippen molar-refractivity contribution in [2.75, 3.05) is 13.2 Å². The van der Waals surface area contributed by atoms with Gasteiger partial charge in [0.15, 0.2) is 0 Å². The van der Waals surface area contributed by atoms with E-state index in [1.807, 2.05) is 0 Å². The van der Waals surface area contributed by atoms with Crippen LogP contribution in [0.4, 0.5) is 4.79 Å². The van der Waals surface area contributed by atoms with Gasteiger partial charge in [-0.05, 0) is 12.1 Å². The summed E-state index contributed by atoms with van der Waals surface area (Å²) >= 11 is 0. The molecule has 1 aliphatic heterocycles. The minimum atomic E-state index is -1.15. The zero-order valence-corrected chi connectivity index (χ0v) is 8.12. The first-order chi connectivity index (χ1) is 7.66. The zero-order chi connectivity index (χ0) is 11.5. The van der Waals surface area contributed by atoms with Crippen LogP contribution in [-0.2, 0) is 4.74 Å². The van der Waals surface area contributed by atoms with Crippen LogP contribution < -0.4 is 0 Å². The standard InChI is InChI=1S/C9H8N2O5/c12-8(13)7-2-1-6(16-7)5-10-11-3-4-15-9(11)14/h1-2,5H,3-4H2,(H,12,13)/b10-5+. The van der Waals surface area contributed by atoms with E-state index < -0.39 is 12.1 Å². The summed E-state index contributed by atoms with van der Waals surface area (Å²) in [5.74, 6) is -1.07. The molecule has 16 heavy (non-hydrogen) atoms. The molecule has 0 aliphatic carbocycles. The van der Waals surface area contributed by atoms with Gasteiger partial charge in [-0.1, -0.05) is 0 Å². The van der Waals surface area contributed by atoms with E-state index in [1.165, 1.54) is 18.3 Å². The van der Waals surface area contributed by atoms with Crippen LogP contribution >= 0.6 is 0 Å². The quantitative estimate of drug-likeness (QED) is 0.765. The van der Waals surface area contributed by atoms with Crippen LogP contribution in [0.2, 0.25) is 0 Å². The molecule has 0 atom stereocenters. The number of hydrogen-bond donors (Lipinski definition) is 1. The summed E-state index contributed by atoms with van der Waals surface area (Å²) in [4.78, 5) is 21.5. The van der Waals surface area contributed by atoms with E-state index >= 15 is 0 Å². The Morgan fingerprint density at radius 2 is 2.38 bits per heavy atom. The van der Waals surface area contributed by atoms with Gasteiger partial charge in [-0.3, -0.25) is 0 Å². The monoisotopic (exact) mass is 224 g/mol. The van der Waals surface area contributed by atoms with Gasteiger partial charge in [-0.25, -0.2) is 9.59 Å². The van der Waals surface area contributed by atoms with Crippen molar-refractivity contribution in [1.82, 2.24) is 5.01 Å². The second-order valence-electron chi connectivity index (χ2n) is 2.99. The van der Waals surface area contributed by atoms with E-state index in [-0.39, 0.29) is 11.5 Å². The summed E-state index contributed by atoms with van der Waals surface area (Å²) in [5.41, 5.74) is 0. The van der Waals surface area contributed by atoms with Crippen LogP contribution in [0.15, 0.2) is 21.7 Å². The number of ether oxygens (including phenoxy) is 1. The Hall–Kier alpha value is -2.31. The fourth-order valence-electron chi connectivity index (χ4n) is 1.15. The molecule has 7 heteroatoms. The van der Waals surface area contributed by atoms with E-state index in [0.717, 1.165) is 5.01 Å². The first-order valence-corrected chi connectivity index (χ1v) is 4.48. The van der Waals surface area contributed by atoms with Crippen molar-refractivity contribution in [2.24, 2.45) is 5.10 Å². The number of aromatic carboxylic acids is 1. The Balaban J connectivity index is 2.05. The van der Waals surface area contributed by atoms with Gasteiger partial charge < -0.3 is 14.3 Å². The molecule has 0 aromatic carbocycles. The molecular weight excluding hydrogens is 216 g/mol. The summed E-state index contributed by atoms with van der Waals surface area (Å²) < 4.78 is 9.56. The van der Waals surface area contributed by atoms with Crippen LogP contribution in [-0.4, -0.2) is 41.5 Å². The molecule has 1 aliphatic rings. The lowest BCUT2D eigenvalue weighted by Gasteiger charge is -2.01. The fourth-order valence-corrected chi connectivity index (χ4v) is 1.15. The normalized spacial score (nSPS) is 15.8. The maximum Gasteiger partial charge on any atom is 0.430 e. The largest absolute Gasteiger partial charge is 0.475 e. The molecule has 1 amide bonds. The van der Waals surface area contributed by atoms with Crippen molar-refractivity contribution in [3.05, 3.63) is 23.7 Å². The second kappa shape index (κ2) is 4.05.